The second kappa shape index (κ2) is 6.70. The second-order valence-corrected chi connectivity index (χ2v) is 6.11. The normalized spacial score (nSPS) is 16.8. The van der Waals surface area contributed by atoms with Crippen molar-refractivity contribution in [3.63, 3.8) is 0 Å². The number of likely N-dealkylation sites (tertiary alicyclic amines) is 1. The van der Waals surface area contributed by atoms with Crippen LogP contribution in [0.1, 0.15) is 23.2 Å². The average molecular weight is 317 g/mol. The number of hydrogen-bond acceptors (Lipinski definition) is 4. The van der Waals surface area contributed by atoms with Gasteiger partial charge in [0.15, 0.2) is 10.3 Å². The lowest BCUT2D eigenvalue weighted by Gasteiger charge is -2.33. The van der Waals surface area contributed by atoms with Crippen molar-refractivity contribution in [1.29, 1.82) is 0 Å². The molecule has 110 valence electrons. The Bertz CT molecular complexity index is 487. The van der Waals surface area contributed by atoms with Crippen molar-refractivity contribution in [3.8, 4) is 0 Å². The summed E-state index contributed by atoms with van der Waals surface area (Å²) in [7, 11) is 4.14. The summed E-state index contributed by atoms with van der Waals surface area (Å²) in [5.41, 5.74) is 0.331. The first-order valence-corrected chi connectivity index (χ1v) is 7.35. The van der Waals surface area contributed by atoms with Crippen molar-refractivity contribution in [2.45, 2.75) is 12.8 Å². The Morgan fingerprint density at radius 1 is 1.35 bits per heavy atom. The highest BCUT2D eigenvalue weighted by molar-refractivity contribution is 6.34. The molecule has 2 rings (SSSR count). The van der Waals surface area contributed by atoms with Gasteiger partial charge < -0.3 is 9.80 Å². The lowest BCUT2D eigenvalue weighted by molar-refractivity contribution is 0.0677. The van der Waals surface area contributed by atoms with Gasteiger partial charge in [0.25, 0.3) is 5.91 Å². The molecule has 7 heteroatoms. The van der Waals surface area contributed by atoms with E-state index in [-0.39, 0.29) is 16.2 Å². The summed E-state index contributed by atoms with van der Waals surface area (Å²) in [6.07, 6.45) is 2.02. The Balaban J connectivity index is 2.00. The number of amides is 1. The van der Waals surface area contributed by atoms with Gasteiger partial charge in [-0.3, -0.25) is 4.79 Å². The van der Waals surface area contributed by atoms with E-state index in [1.165, 1.54) is 6.07 Å². The summed E-state index contributed by atoms with van der Waals surface area (Å²) in [5, 5.41) is 7.58. The van der Waals surface area contributed by atoms with Crippen molar-refractivity contribution in [3.05, 3.63) is 21.9 Å². The Morgan fingerprint density at radius 2 is 2.00 bits per heavy atom. The van der Waals surface area contributed by atoms with Gasteiger partial charge in [0.05, 0.1) is 5.56 Å². The third-order valence-corrected chi connectivity index (χ3v) is 3.94. The molecule has 1 saturated heterocycles. The van der Waals surface area contributed by atoms with Crippen LogP contribution in [0.4, 0.5) is 0 Å². The van der Waals surface area contributed by atoms with Crippen LogP contribution in [0.25, 0.3) is 0 Å². The van der Waals surface area contributed by atoms with E-state index in [0.29, 0.717) is 11.5 Å². The highest BCUT2D eigenvalue weighted by Gasteiger charge is 2.25. The summed E-state index contributed by atoms with van der Waals surface area (Å²) in [5.74, 6) is 0.527. The third kappa shape index (κ3) is 3.81. The molecule has 1 aliphatic heterocycles. The fourth-order valence-corrected chi connectivity index (χ4v) is 2.83. The SMILES string of the molecule is CN(C)CC1CCN(C(=O)c2cc(Cl)nnc2Cl)CC1. The first-order valence-electron chi connectivity index (χ1n) is 6.60. The van der Waals surface area contributed by atoms with Crippen LogP contribution in [-0.2, 0) is 0 Å². The van der Waals surface area contributed by atoms with Crippen molar-refractivity contribution in [1.82, 2.24) is 20.0 Å². The van der Waals surface area contributed by atoms with Gasteiger partial charge in [-0.2, -0.15) is 0 Å². The molecule has 2 heterocycles. The topological polar surface area (TPSA) is 49.3 Å². The molecule has 0 unspecified atom stereocenters. The Hall–Kier alpha value is -0.910. The number of carbonyl (C=O) groups excluding carboxylic acids is 1. The van der Waals surface area contributed by atoms with Crippen LogP contribution in [0.5, 0.6) is 0 Å². The number of carbonyl (C=O) groups is 1. The molecular formula is C13H18Cl2N4O. The van der Waals surface area contributed by atoms with E-state index in [2.05, 4.69) is 29.2 Å². The van der Waals surface area contributed by atoms with Crippen LogP contribution in [0, 0.1) is 5.92 Å². The zero-order valence-corrected chi connectivity index (χ0v) is 13.2. The molecule has 0 atom stereocenters. The van der Waals surface area contributed by atoms with Gasteiger partial charge in [-0.05, 0) is 38.9 Å². The second-order valence-electron chi connectivity index (χ2n) is 5.37. The quantitative estimate of drug-likeness (QED) is 0.857. The summed E-state index contributed by atoms with van der Waals surface area (Å²) in [6, 6.07) is 1.48. The maximum Gasteiger partial charge on any atom is 0.257 e. The molecule has 5 nitrogen and oxygen atoms in total. The van der Waals surface area contributed by atoms with E-state index >= 15 is 0 Å². The predicted molar refractivity (Wildman–Crippen MR) is 79.2 cm³/mol. The molecule has 1 aliphatic rings. The van der Waals surface area contributed by atoms with E-state index in [1.807, 2.05) is 4.90 Å². The van der Waals surface area contributed by atoms with Crippen molar-refractivity contribution >= 4 is 29.1 Å². The molecule has 1 fully saturated rings. The summed E-state index contributed by atoms with van der Waals surface area (Å²) in [4.78, 5) is 16.4. The van der Waals surface area contributed by atoms with Crippen molar-refractivity contribution < 1.29 is 4.79 Å². The van der Waals surface area contributed by atoms with Crippen LogP contribution in [-0.4, -0.2) is 59.6 Å². The first kappa shape index (κ1) is 15.5. The van der Waals surface area contributed by atoms with Crippen molar-refractivity contribution in [2.24, 2.45) is 5.92 Å². The van der Waals surface area contributed by atoms with Crippen LogP contribution in [0.3, 0.4) is 0 Å². The number of hydrogen-bond donors (Lipinski definition) is 0. The standard InChI is InChI=1S/C13H18Cl2N4O/c1-18(2)8-9-3-5-19(6-4-9)13(20)10-7-11(14)16-17-12(10)15/h7,9H,3-6,8H2,1-2H3. The van der Waals surface area contributed by atoms with E-state index in [1.54, 1.807) is 0 Å². The van der Waals surface area contributed by atoms with Gasteiger partial charge in [0.1, 0.15) is 0 Å². The fraction of sp³-hybridized carbons (Fsp3) is 0.615. The highest BCUT2D eigenvalue weighted by atomic mass is 35.5. The monoisotopic (exact) mass is 316 g/mol. The summed E-state index contributed by atoms with van der Waals surface area (Å²) >= 11 is 11.7. The Labute approximate surface area is 128 Å². The summed E-state index contributed by atoms with van der Waals surface area (Å²) < 4.78 is 0. The van der Waals surface area contributed by atoms with E-state index in [0.717, 1.165) is 32.5 Å². The number of piperidine rings is 1. The number of aromatic nitrogens is 2. The molecule has 0 radical (unpaired) electrons. The van der Waals surface area contributed by atoms with Gasteiger partial charge in [-0.25, -0.2) is 0 Å². The molecule has 1 aromatic heterocycles. The molecule has 0 saturated carbocycles. The average Bonchev–Trinajstić information content (AvgIpc) is 2.41. The number of rotatable bonds is 3. The highest BCUT2D eigenvalue weighted by Crippen LogP contribution is 2.22. The maximum atomic E-state index is 12.4. The summed E-state index contributed by atoms with van der Waals surface area (Å²) in [6.45, 7) is 2.55. The largest absolute Gasteiger partial charge is 0.339 e. The molecule has 0 spiro atoms. The molecule has 20 heavy (non-hydrogen) atoms. The number of nitrogens with zero attached hydrogens (tertiary/aromatic N) is 4. The molecule has 0 aliphatic carbocycles. The van der Waals surface area contributed by atoms with Crippen LogP contribution in [0.15, 0.2) is 6.07 Å². The molecule has 1 amide bonds. The maximum absolute atomic E-state index is 12.4. The third-order valence-electron chi connectivity index (χ3n) is 3.47. The van der Waals surface area contributed by atoms with E-state index < -0.39 is 0 Å². The Morgan fingerprint density at radius 3 is 2.60 bits per heavy atom. The lowest BCUT2D eigenvalue weighted by Crippen LogP contribution is -2.40. The van der Waals surface area contributed by atoms with E-state index in [9.17, 15) is 4.79 Å². The molecular weight excluding hydrogens is 299 g/mol. The zero-order valence-electron chi connectivity index (χ0n) is 11.6. The van der Waals surface area contributed by atoms with Gasteiger partial charge in [0.2, 0.25) is 0 Å². The zero-order chi connectivity index (χ0) is 14.7. The predicted octanol–water partition coefficient (Wildman–Crippen LogP) is 2.20. The lowest BCUT2D eigenvalue weighted by atomic mass is 9.96. The molecule has 0 bridgehead atoms. The fourth-order valence-electron chi connectivity index (χ4n) is 2.51. The molecule has 0 N–H and O–H groups in total. The minimum atomic E-state index is -0.116. The van der Waals surface area contributed by atoms with Crippen LogP contribution >= 0.6 is 23.2 Å². The minimum Gasteiger partial charge on any atom is -0.339 e. The minimum absolute atomic E-state index is 0.106. The van der Waals surface area contributed by atoms with Gasteiger partial charge in [-0.1, -0.05) is 23.2 Å². The van der Waals surface area contributed by atoms with Gasteiger partial charge in [-0.15, -0.1) is 10.2 Å². The van der Waals surface area contributed by atoms with Gasteiger partial charge in [0, 0.05) is 19.6 Å². The van der Waals surface area contributed by atoms with Crippen LogP contribution in [0.2, 0.25) is 10.3 Å². The number of halogens is 2. The molecule has 1 aromatic rings. The smallest absolute Gasteiger partial charge is 0.257 e. The Kier molecular flexibility index (Phi) is 5.18. The van der Waals surface area contributed by atoms with Crippen LogP contribution < -0.4 is 0 Å². The van der Waals surface area contributed by atoms with Gasteiger partial charge >= 0.3 is 0 Å². The molecule has 0 aromatic carbocycles. The first-order chi connectivity index (χ1) is 9.47. The van der Waals surface area contributed by atoms with E-state index in [4.69, 9.17) is 23.2 Å². The van der Waals surface area contributed by atoms with Crippen molar-refractivity contribution in [2.75, 3.05) is 33.7 Å².